The van der Waals surface area contributed by atoms with Crippen molar-refractivity contribution in [2.45, 2.75) is 25.4 Å². The van der Waals surface area contributed by atoms with Crippen LogP contribution in [0.5, 0.6) is 0 Å². The number of nitriles is 1. The highest BCUT2D eigenvalue weighted by molar-refractivity contribution is 5.33. The Bertz CT molecular complexity index is 481. The van der Waals surface area contributed by atoms with Crippen LogP contribution in [0, 0.1) is 17.1 Å². The number of likely N-dealkylation sites (N-methyl/N-ethyl adjacent to an activating group) is 2. The molecule has 1 aliphatic rings. The van der Waals surface area contributed by atoms with Crippen molar-refractivity contribution in [3.05, 3.63) is 35.1 Å². The van der Waals surface area contributed by atoms with Crippen LogP contribution in [-0.4, -0.2) is 43.0 Å². The minimum Gasteiger partial charge on any atom is -0.302 e. The van der Waals surface area contributed by atoms with Crippen LogP contribution in [0.1, 0.15) is 24.0 Å². The van der Waals surface area contributed by atoms with E-state index < -0.39 is 0 Å². The summed E-state index contributed by atoms with van der Waals surface area (Å²) in [5.41, 5.74) is 1.25. The predicted octanol–water partition coefficient (Wildman–Crippen LogP) is 2.22. The minimum atomic E-state index is -0.333. The molecule has 1 aromatic carbocycles. The summed E-state index contributed by atoms with van der Waals surface area (Å²) in [7, 11) is 4.20. The van der Waals surface area contributed by atoms with E-state index in [2.05, 4.69) is 16.8 Å². The van der Waals surface area contributed by atoms with E-state index in [9.17, 15) is 4.39 Å². The van der Waals surface area contributed by atoms with E-state index in [1.807, 2.05) is 13.1 Å². The second kappa shape index (κ2) is 6.14. The summed E-state index contributed by atoms with van der Waals surface area (Å²) in [5.74, 6) is -0.333. The fraction of sp³-hybridized carbons (Fsp3) is 0.533. The minimum absolute atomic E-state index is 0.333. The summed E-state index contributed by atoms with van der Waals surface area (Å²) in [6.45, 7) is 2.82. The molecule has 1 fully saturated rings. The van der Waals surface area contributed by atoms with E-state index in [0.29, 0.717) is 18.2 Å². The van der Waals surface area contributed by atoms with Gasteiger partial charge in [-0.25, -0.2) is 4.39 Å². The first-order chi connectivity index (χ1) is 9.08. The zero-order valence-corrected chi connectivity index (χ0v) is 11.6. The fourth-order valence-corrected chi connectivity index (χ4v) is 2.75. The number of halogens is 1. The summed E-state index contributed by atoms with van der Waals surface area (Å²) in [5, 5.41) is 8.85. The molecule has 0 aliphatic carbocycles. The predicted molar refractivity (Wildman–Crippen MR) is 73.1 cm³/mol. The van der Waals surface area contributed by atoms with Crippen LogP contribution in [0.3, 0.4) is 0 Å². The van der Waals surface area contributed by atoms with Crippen LogP contribution in [-0.2, 0) is 6.54 Å². The van der Waals surface area contributed by atoms with Crippen LogP contribution in [0.2, 0.25) is 0 Å². The highest BCUT2D eigenvalue weighted by Crippen LogP contribution is 2.17. The lowest BCUT2D eigenvalue weighted by atomic mass is 10.1. The van der Waals surface area contributed by atoms with Crippen LogP contribution >= 0.6 is 0 Å². The molecular formula is C15H20FN3. The molecule has 1 saturated heterocycles. The lowest BCUT2D eigenvalue weighted by Gasteiger charge is -2.25. The molecule has 0 aromatic heterocycles. The van der Waals surface area contributed by atoms with E-state index in [1.165, 1.54) is 25.0 Å². The quantitative estimate of drug-likeness (QED) is 0.832. The highest BCUT2D eigenvalue weighted by Gasteiger charge is 2.22. The first kappa shape index (κ1) is 14.0. The Kier molecular flexibility index (Phi) is 4.52. The topological polar surface area (TPSA) is 30.3 Å². The summed E-state index contributed by atoms with van der Waals surface area (Å²) >= 11 is 0. The smallest absolute Gasteiger partial charge is 0.124 e. The Labute approximate surface area is 114 Å². The maximum atomic E-state index is 13.4. The number of rotatable bonds is 4. The molecule has 0 amide bonds. The standard InChI is InChI=1S/C15H20FN3/c1-18(11-15-4-3-5-19(15)2)10-13-6-12(9-17)7-14(16)8-13/h6-8,15H,3-5,10-11H2,1-2H3. The van der Waals surface area contributed by atoms with Crippen molar-refractivity contribution in [3.63, 3.8) is 0 Å². The van der Waals surface area contributed by atoms with Crippen molar-refractivity contribution in [1.29, 1.82) is 5.26 Å². The molecule has 102 valence electrons. The Morgan fingerprint density at radius 3 is 2.89 bits per heavy atom. The van der Waals surface area contributed by atoms with Crippen molar-refractivity contribution < 1.29 is 4.39 Å². The van der Waals surface area contributed by atoms with Gasteiger partial charge in [-0.2, -0.15) is 5.26 Å². The van der Waals surface area contributed by atoms with E-state index in [4.69, 9.17) is 5.26 Å². The summed E-state index contributed by atoms with van der Waals surface area (Å²) in [6.07, 6.45) is 2.49. The zero-order valence-electron chi connectivity index (χ0n) is 11.6. The van der Waals surface area contributed by atoms with Gasteiger partial charge < -0.3 is 9.80 Å². The first-order valence-corrected chi connectivity index (χ1v) is 6.67. The molecule has 0 saturated carbocycles. The largest absolute Gasteiger partial charge is 0.302 e. The Hall–Kier alpha value is -1.44. The van der Waals surface area contributed by atoms with Gasteiger partial charge in [-0.15, -0.1) is 0 Å². The number of likely N-dealkylation sites (tertiary alicyclic amines) is 1. The molecule has 2 rings (SSSR count). The molecule has 0 N–H and O–H groups in total. The van der Waals surface area contributed by atoms with Gasteiger partial charge in [-0.1, -0.05) is 0 Å². The summed E-state index contributed by atoms with van der Waals surface area (Å²) in [4.78, 5) is 4.57. The monoisotopic (exact) mass is 261 g/mol. The van der Waals surface area contributed by atoms with Crippen molar-refractivity contribution in [2.75, 3.05) is 27.2 Å². The van der Waals surface area contributed by atoms with Crippen molar-refractivity contribution in [2.24, 2.45) is 0 Å². The molecular weight excluding hydrogens is 241 g/mol. The second-order valence-corrected chi connectivity index (χ2v) is 5.43. The van der Waals surface area contributed by atoms with Crippen LogP contribution in [0.15, 0.2) is 18.2 Å². The van der Waals surface area contributed by atoms with Crippen LogP contribution in [0.4, 0.5) is 4.39 Å². The van der Waals surface area contributed by atoms with Gasteiger partial charge in [0.15, 0.2) is 0 Å². The molecule has 0 radical (unpaired) electrons. The van der Waals surface area contributed by atoms with Crippen molar-refractivity contribution in [1.82, 2.24) is 9.80 Å². The van der Waals surface area contributed by atoms with E-state index in [1.54, 1.807) is 6.07 Å². The lowest BCUT2D eigenvalue weighted by Crippen LogP contribution is -2.36. The average molecular weight is 261 g/mol. The zero-order chi connectivity index (χ0) is 13.8. The average Bonchev–Trinajstić information content (AvgIpc) is 2.74. The molecule has 1 aliphatic heterocycles. The van der Waals surface area contributed by atoms with Gasteiger partial charge in [0.2, 0.25) is 0 Å². The second-order valence-electron chi connectivity index (χ2n) is 5.43. The molecule has 0 bridgehead atoms. The maximum Gasteiger partial charge on any atom is 0.124 e. The molecule has 1 atom stereocenters. The molecule has 1 unspecified atom stereocenters. The normalized spacial score (nSPS) is 19.8. The van der Waals surface area contributed by atoms with Gasteiger partial charge in [0, 0.05) is 19.1 Å². The van der Waals surface area contributed by atoms with Crippen LogP contribution < -0.4 is 0 Å². The molecule has 1 aromatic rings. The third-order valence-corrected chi connectivity index (χ3v) is 3.73. The molecule has 4 heteroatoms. The lowest BCUT2D eigenvalue weighted by molar-refractivity contribution is 0.215. The van der Waals surface area contributed by atoms with Gasteiger partial charge in [0.1, 0.15) is 5.82 Å². The Balaban J connectivity index is 1.97. The third kappa shape index (κ3) is 3.76. The fourth-order valence-electron chi connectivity index (χ4n) is 2.75. The van der Waals surface area contributed by atoms with E-state index in [0.717, 1.165) is 18.7 Å². The number of benzene rings is 1. The van der Waals surface area contributed by atoms with Crippen LogP contribution in [0.25, 0.3) is 0 Å². The van der Waals surface area contributed by atoms with Crippen molar-refractivity contribution >= 4 is 0 Å². The first-order valence-electron chi connectivity index (χ1n) is 6.67. The Morgan fingerprint density at radius 1 is 1.47 bits per heavy atom. The van der Waals surface area contributed by atoms with Crippen molar-refractivity contribution in [3.8, 4) is 6.07 Å². The third-order valence-electron chi connectivity index (χ3n) is 3.73. The highest BCUT2D eigenvalue weighted by atomic mass is 19.1. The van der Waals surface area contributed by atoms with Gasteiger partial charge in [0.05, 0.1) is 11.6 Å². The van der Waals surface area contributed by atoms with Gasteiger partial charge in [-0.3, -0.25) is 0 Å². The van der Waals surface area contributed by atoms with E-state index in [-0.39, 0.29) is 5.82 Å². The van der Waals surface area contributed by atoms with Gasteiger partial charge >= 0.3 is 0 Å². The molecule has 1 heterocycles. The van der Waals surface area contributed by atoms with Gasteiger partial charge in [0.25, 0.3) is 0 Å². The summed E-state index contributed by atoms with van der Waals surface area (Å²) in [6, 6.07) is 7.13. The molecule has 19 heavy (non-hydrogen) atoms. The maximum absolute atomic E-state index is 13.4. The SMILES string of the molecule is CN(Cc1cc(F)cc(C#N)c1)CC1CCCN1C. The van der Waals surface area contributed by atoms with E-state index >= 15 is 0 Å². The molecule has 0 spiro atoms. The Morgan fingerprint density at radius 2 is 2.26 bits per heavy atom. The summed E-state index contributed by atoms with van der Waals surface area (Å²) < 4.78 is 13.4. The number of nitrogens with zero attached hydrogens (tertiary/aromatic N) is 3. The number of hydrogen-bond acceptors (Lipinski definition) is 3. The number of hydrogen-bond donors (Lipinski definition) is 0. The van der Waals surface area contributed by atoms with Gasteiger partial charge in [-0.05, 0) is 57.2 Å². The molecule has 3 nitrogen and oxygen atoms in total.